The van der Waals surface area contributed by atoms with Gasteiger partial charge in [0.25, 0.3) is 0 Å². The first-order valence-corrected chi connectivity index (χ1v) is 7.64. The van der Waals surface area contributed by atoms with E-state index < -0.39 is 0 Å². The highest BCUT2D eigenvalue weighted by atomic mass is 19.1. The molecular weight excluding hydrogens is 280 g/mol. The van der Waals surface area contributed by atoms with Crippen molar-refractivity contribution >= 4 is 10.9 Å². The minimum Gasteiger partial charge on any atom is -0.361 e. The molecule has 0 atom stereocenters. The second-order valence-electron chi connectivity index (χ2n) is 5.69. The van der Waals surface area contributed by atoms with Gasteiger partial charge in [-0.05, 0) is 54.3 Å². The molecule has 1 nitrogen and oxygen atoms in total. The molecule has 3 heteroatoms. The first kappa shape index (κ1) is 14.8. The van der Waals surface area contributed by atoms with Gasteiger partial charge in [0.15, 0.2) is 0 Å². The lowest BCUT2D eigenvalue weighted by Crippen LogP contribution is -2.25. The summed E-state index contributed by atoms with van der Waals surface area (Å²) in [6, 6.07) is 11.4. The Morgan fingerprint density at radius 3 is 2.18 bits per heavy atom. The number of rotatable bonds is 4. The summed E-state index contributed by atoms with van der Waals surface area (Å²) in [6.45, 7) is 4.23. The first-order valence-electron chi connectivity index (χ1n) is 7.64. The maximum Gasteiger partial charge on any atom is 0.123 e. The molecule has 22 heavy (non-hydrogen) atoms. The van der Waals surface area contributed by atoms with Crippen LogP contribution in [-0.4, -0.2) is 4.98 Å². The van der Waals surface area contributed by atoms with Crippen molar-refractivity contribution in [1.29, 1.82) is 0 Å². The highest BCUT2D eigenvalue weighted by Gasteiger charge is 2.33. The Bertz CT molecular complexity index is 783. The number of fused-ring (bicyclic) bond motifs is 1. The lowest BCUT2D eigenvalue weighted by Gasteiger charge is -2.32. The van der Waals surface area contributed by atoms with Crippen molar-refractivity contribution in [3.8, 4) is 0 Å². The van der Waals surface area contributed by atoms with Gasteiger partial charge in [0.05, 0.1) is 0 Å². The van der Waals surface area contributed by atoms with Gasteiger partial charge in [0, 0.05) is 22.5 Å². The van der Waals surface area contributed by atoms with Crippen LogP contribution in [0.5, 0.6) is 0 Å². The van der Waals surface area contributed by atoms with Crippen LogP contribution < -0.4 is 0 Å². The van der Waals surface area contributed by atoms with Crippen molar-refractivity contribution in [2.75, 3.05) is 0 Å². The fourth-order valence-corrected chi connectivity index (χ4v) is 3.45. The number of benzene rings is 2. The number of aromatic amines is 1. The van der Waals surface area contributed by atoms with Crippen LogP contribution in [0.3, 0.4) is 0 Å². The Morgan fingerprint density at radius 1 is 0.909 bits per heavy atom. The molecule has 2 aromatic carbocycles. The minimum atomic E-state index is -0.250. The number of aromatic nitrogens is 1. The van der Waals surface area contributed by atoms with Crippen LogP contribution in [0.1, 0.15) is 37.8 Å². The van der Waals surface area contributed by atoms with E-state index in [2.05, 4.69) is 18.8 Å². The molecule has 0 amide bonds. The molecule has 1 heterocycles. The number of hydrogen-bond donors (Lipinski definition) is 1. The van der Waals surface area contributed by atoms with E-state index in [1.165, 1.54) is 18.2 Å². The highest BCUT2D eigenvalue weighted by molar-refractivity contribution is 5.85. The second-order valence-corrected chi connectivity index (χ2v) is 5.69. The second kappa shape index (κ2) is 5.56. The SMILES string of the molecule is CCC(CC)(c1ccc(F)cc1)c1c[nH]c2ccc(F)cc12. The van der Waals surface area contributed by atoms with Crippen LogP contribution in [0.15, 0.2) is 48.7 Å². The molecule has 0 unspecified atom stereocenters. The van der Waals surface area contributed by atoms with Crippen molar-refractivity contribution < 1.29 is 8.78 Å². The van der Waals surface area contributed by atoms with Gasteiger partial charge in [0.1, 0.15) is 11.6 Å². The molecule has 114 valence electrons. The molecule has 3 aromatic rings. The molecule has 0 aliphatic carbocycles. The zero-order valence-electron chi connectivity index (χ0n) is 12.8. The normalized spacial score (nSPS) is 12.0. The van der Waals surface area contributed by atoms with Crippen molar-refractivity contribution in [2.24, 2.45) is 0 Å². The highest BCUT2D eigenvalue weighted by Crippen LogP contribution is 2.42. The van der Waals surface area contributed by atoms with E-state index in [0.717, 1.165) is 34.9 Å². The van der Waals surface area contributed by atoms with Crippen LogP contribution in [-0.2, 0) is 5.41 Å². The fraction of sp³-hybridized carbons (Fsp3) is 0.263. The topological polar surface area (TPSA) is 15.8 Å². The molecule has 0 saturated heterocycles. The summed E-state index contributed by atoms with van der Waals surface area (Å²) in [5.74, 6) is -0.483. The van der Waals surface area contributed by atoms with E-state index in [1.54, 1.807) is 12.1 Å². The zero-order valence-corrected chi connectivity index (χ0v) is 12.8. The monoisotopic (exact) mass is 299 g/mol. The van der Waals surface area contributed by atoms with E-state index >= 15 is 0 Å². The predicted octanol–water partition coefficient (Wildman–Crippen LogP) is 5.55. The van der Waals surface area contributed by atoms with Crippen molar-refractivity contribution in [3.05, 3.63) is 71.4 Å². The first-order chi connectivity index (χ1) is 10.6. The third kappa shape index (κ3) is 2.21. The van der Waals surface area contributed by atoms with Gasteiger partial charge < -0.3 is 4.98 Å². The summed E-state index contributed by atoms with van der Waals surface area (Å²) in [5.41, 5.74) is 2.80. The number of halogens is 2. The van der Waals surface area contributed by atoms with Gasteiger partial charge >= 0.3 is 0 Å². The van der Waals surface area contributed by atoms with Crippen LogP contribution in [0, 0.1) is 11.6 Å². The molecule has 0 bridgehead atoms. The zero-order chi connectivity index (χ0) is 15.7. The van der Waals surface area contributed by atoms with Gasteiger partial charge in [-0.25, -0.2) is 8.78 Å². The van der Waals surface area contributed by atoms with Gasteiger partial charge in [0.2, 0.25) is 0 Å². The van der Waals surface area contributed by atoms with E-state index in [1.807, 2.05) is 18.3 Å². The maximum absolute atomic E-state index is 13.7. The predicted molar refractivity (Wildman–Crippen MR) is 86.0 cm³/mol. The van der Waals surface area contributed by atoms with Crippen LogP contribution in [0.4, 0.5) is 8.78 Å². The molecular formula is C19H19F2N. The summed E-state index contributed by atoms with van der Waals surface area (Å²) in [4.78, 5) is 3.23. The summed E-state index contributed by atoms with van der Waals surface area (Å²) in [7, 11) is 0. The van der Waals surface area contributed by atoms with Crippen molar-refractivity contribution in [3.63, 3.8) is 0 Å². The van der Waals surface area contributed by atoms with Gasteiger partial charge in [-0.1, -0.05) is 26.0 Å². The van der Waals surface area contributed by atoms with Crippen LogP contribution in [0.25, 0.3) is 10.9 Å². The standard InChI is InChI=1S/C19H19F2N/c1-3-19(4-2,13-5-7-14(20)8-6-13)17-12-22-18-10-9-15(21)11-16(17)18/h5-12,22H,3-4H2,1-2H3. The van der Waals surface area contributed by atoms with Gasteiger partial charge in [-0.2, -0.15) is 0 Å². The Balaban J connectivity index is 2.25. The average molecular weight is 299 g/mol. The van der Waals surface area contributed by atoms with E-state index in [9.17, 15) is 8.78 Å². The van der Waals surface area contributed by atoms with Crippen molar-refractivity contribution in [2.45, 2.75) is 32.1 Å². The summed E-state index contributed by atoms with van der Waals surface area (Å²) < 4.78 is 27.0. The lowest BCUT2D eigenvalue weighted by molar-refractivity contribution is 0.480. The number of nitrogens with one attached hydrogen (secondary N) is 1. The van der Waals surface area contributed by atoms with Gasteiger partial charge in [-0.3, -0.25) is 0 Å². The summed E-state index contributed by atoms with van der Waals surface area (Å²) in [6.07, 6.45) is 3.68. The third-order valence-electron chi connectivity index (χ3n) is 4.76. The molecule has 0 aliphatic rings. The van der Waals surface area contributed by atoms with Crippen LogP contribution >= 0.6 is 0 Å². The molecule has 0 fully saturated rings. The molecule has 3 rings (SSSR count). The molecule has 1 N–H and O–H groups in total. The lowest BCUT2D eigenvalue weighted by atomic mass is 9.70. The van der Waals surface area contributed by atoms with Crippen molar-refractivity contribution in [1.82, 2.24) is 4.98 Å². The fourth-order valence-electron chi connectivity index (χ4n) is 3.45. The molecule has 1 aromatic heterocycles. The van der Waals surface area contributed by atoms with E-state index in [0.29, 0.717) is 0 Å². The quantitative estimate of drug-likeness (QED) is 0.650. The Hall–Kier alpha value is -2.16. The Labute approximate surface area is 129 Å². The number of H-pyrrole nitrogens is 1. The van der Waals surface area contributed by atoms with Gasteiger partial charge in [-0.15, -0.1) is 0 Å². The molecule has 0 saturated carbocycles. The maximum atomic E-state index is 13.7. The molecule has 0 spiro atoms. The van der Waals surface area contributed by atoms with E-state index in [4.69, 9.17) is 0 Å². The Kier molecular flexibility index (Phi) is 3.73. The largest absolute Gasteiger partial charge is 0.361 e. The van der Waals surface area contributed by atoms with Crippen LogP contribution in [0.2, 0.25) is 0 Å². The summed E-state index contributed by atoms with van der Waals surface area (Å²) >= 11 is 0. The Morgan fingerprint density at radius 2 is 1.55 bits per heavy atom. The minimum absolute atomic E-state index is 0.241. The smallest absolute Gasteiger partial charge is 0.123 e. The summed E-state index contributed by atoms with van der Waals surface area (Å²) in [5, 5.41) is 0.896. The molecule has 0 radical (unpaired) electrons. The number of hydrogen-bond acceptors (Lipinski definition) is 0. The van der Waals surface area contributed by atoms with E-state index in [-0.39, 0.29) is 17.0 Å². The average Bonchev–Trinajstić information content (AvgIpc) is 2.94. The third-order valence-corrected chi connectivity index (χ3v) is 4.76. The molecule has 0 aliphatic heterocycles.